The monoisotopic (exact) mass is 214 g/mol. The Morgan fingerprint density at radius 3 is 2.86 bits per heavy atom. The number of rotatable bonds is 3. The van der Waals surface area contributed by atoms with Crippen molar-refractivity contribution in [2.75, 3.05) is 6.61 Å². The van der Waals surface area contributed by atoms with Crippen LogP contribution in [0.5, 0.6) is 5.75 Å². The van der Waals surface area contributed by atoms with E-state index in [2.05, 4.69) is 0 Å². The maximum atomic E-state index is 12.9. The minimum Gasteiger partial charge on any atom is -0.489 e. The summed E-state index contributed by atoms with van der Waals surface area (Å²) in [5.41, 5.74) is 2.97. The zero-order valence-corrected chi connectivity index (χ0v) is 8.94. The molecule has 1 rings (SSSR count). The average molecular weight is 215 g/mol. The first-order valence-electron chi connectivity index (χ1n) is 4.28. The molecule has 1 nitrogen and oxygen atoms in total. The van der Waals surface area contributed by atoms with E-state index in [1.54, 1.807) is 19.1 Å². The highest BCUT2D eigenvalue weighted by Crippen LogP contribution is 2.16. The summed E-state index contributed by atoms with van der Waals surface area (Å²) in [4.78, 5) is 0. The number of ether oxygens (including phenoxy) is 1. The molecule has 0 spiro atoms. The number of halogens is 2. The predicted octanol–water partition coefficient (Wildman–Crippen LogP) is 3.66. The van der Waals surface area contributed by atoms with E-state index < -0.39 is 0 Å². The van der Waals surface area contributed by atoms with Gasteiger partial charge in [0.1, 0.15) is 18.2 Å². The van der Waals surface area contributed by atoms with Crippen LogP contribution in [0.25, 0.3) is 0 Å². The second-order valence-electron chi connectivity index (χ2n) is 3.16. The van der Waals surface area contributed by atoms with Gasteiger partial charge in [0.15, 0.2) is 0 Å². The van der Waals surface area contributed by atoms with E-state index in [0.717, 1.165) is 5.57 Å². The largest absolute Gasteiger partial charge is 0.489 e. The Morgan fingerprint density at radius 2 is 2.29 bits per heavy atom. The number of hydrogen-bond acceptors (Lipinski definition) is 1. The van der Waals surface area contributed by atoms with Gasteiger partial charge in [0.05, 0.1) is 0 Å². The highest BCUT2D eigenvalue weighted by Gasteiger charge is 1.99. The maximum Gasteiger partial charge on any atom is 0.126 e. The maximum absolute atomic E-state index is 12.9. The lowest BCUT2D eigenvalue weighted by atomic mass is 10.2. The molecule has 0 aliphatic rings. The molecule has 0 heterocycles. The first kappa shape index (κ1) is 11.1. The SMILES string of the molecule is C/C(=C/Cl)COc1ccc(F)c(C)c1. The standard InChI is InChI=1S/C11H12ClFO/c1-8(6-12)7-14-10-3-4-11(13)9(2)5-10/h3-6H,7H2,1-2H3/b8-6-. The van der Waals surface area contributed by atoms with E-state index >= 15 is 0 Å². The van der Waals surface area contributed by atoms with Crippen LogP contribution < -0.4 is 4.74 Å². The van der Waals surface area contributed by atoms with Crippen molar-refractivity contribution < 1.29 is 9.13 Å². The van der Waals surface area contributed by atoms with Gasteiger partial charge in [-0.15, -0.1) is 0 Å². The molecule has 0 aromatic heterocycles. The number of hydrogen-bond donors (Lipinski definition) is 0. The zero-order chi connectivity index (χ0) is 10.6. The third-order valence-electron chi connectivity index (χ3n) is 1.78. The van der Waals surface area contributed by atoms with Crippen LogP contribution in [0.2, 0.25) is 0 Å². The van der Waals surface area contributed by atoms with Crippen LogP contribution in [0, 0.1) is 12.7 Å². The fourth-order valence-electron chi connectivity index (χ4n) is 0.936. The van der Waals surface area contributed by atoms with Crippen molar-refractivity contribution in [3.05, 3.63) is 40.7 Å². The van der Waals surface area contributed by atoms with Crippen molar-refractivity contribution in [3.8, 4) is 5.75 Å². The predicted molar refractivity (Wildman–Crippen MR) is 56.2 cm³/mol. The highest BCUT2D eigenvalue weighted by atomic mass is 35.5. The van der Waals surface area contributed by atoms with Gasteiger partial charge >= 0.3 is 0 Å². The summed E-state index contributed by atoms with van der Waals surface area (Å²) in [7, 11) is 0. The molecule has 0 radical (unpaired) electrons. The van der Waals surface area contributed by atoms with Gasteiger partial charge < -0.3 is 4.74 Å². The minimum atomic E-state index is -0.220. The Balaban J connectivity index is 2.64. The lowest BCUT2D eigenvalue weighted by Gasteiger charge is -2.06. The zero-order valence-electron chi connectivity index (χ0n) is 8.18. The molecule has 0 saturated heterocycles. The van der Waals surface area contributed by atoms with E-state index in [4.69, 9.17) is 16.3 Å². The molecule has 0 aliphatic carbocycles. The molecule has 1 aromatic carbocycles. The Labute approximate surface area is 88.1 Å². The summed E-state index contributed by atoms with van der Waals surface area (Å²) in [5.74, 6) is 0.434. The molecule has 0 fully saturated rings. The van der Waals surface area contributed by atoms with Crippen molar-refractivity contribution in [2.45, 2.75) is 13.8 Å². The van der Waals surface area contributed by atoms with E-state index in [-0.39, 0.29) is 5.82 Å². The van der Waals surface area contributed by atoms with E-state index in [1.807, 2.05) is 6.92 Å². The molecule has 3 heteroatoms. The molecule has 0 N–H and O–H groups in total. The lowest BCUT2D eigenvalue weighted by Crippen LogP contribution is -1.98. The van der Waals surface area contributed by atoms with Crippen molar-refractivity contribution in [3.63, 3.8) is 0 Å². The molecule has 0 saturated carbocycles. The van der Waals surface area contributed by atoms with Crippen molar-refractivity contribution in [2.24, 2.45) is 0 Å². The first-order chi connectivity index (χ1) is 6.63. The molecule has 1 aromatic rings. The van der Waals surface area contributed by atoms with Gasteiger partial charge in [-0.1, -0.05) is 11.6 Å². The quantitative estimate of drug-likeness (QED) is 0.746. The third kappa shape index (κ3) is 3.04. The van der Waals surface area contributed by atoms with Crippen LogP contribution >= 0.6 is 11.6 Å². The minimum absolute atomic E-state index is 0.220. The highest BCUT2D eigenvalue weighted by molar-refractivity contribution is 6.25. The molecule has 0 bridgehead atoms. The molecule has 0 unspecified atom stereocenters. The molecule has 76 valence electrons. The van der Waals surface area contributed by atoms with E-state index in [1.165, 1.54) is 11.6 Å². The van der Waals surface area contributed by atoms with Crippen LogP contribution in [0.1, 0.15) is 12.5 Å². The molecule has 0 amide bonds. The van der Waals surface area contributed by atoms with Crippen LogP contribution in [-0.2, 0) is 0 Å². The fraction of sp³-hybridized carbons (Fsp3) is 0.273. The molecular weight excluding hydrogens is 203 g/mol. The van der Waals surface area contributed by atoms with Gasteiger partial charge in [-0.05, 0) is 43.2 Å². The summed E-state index contributed by atoms with van der Waals surface area (Å²) in [6, 6.07) is 4.66. The normalized spacial score (nSPS) is 11.6. The van der Waals surface area contributed by atoms with Gasteiger partial charge in [0, 0.05) is 5.54 Å². The Morgan fingerprint density at radius 1 is 1.57 bits per heavy atom. The Hall–Kier alpha value is -1.02. The molecular formula is C11H12ClFO. The van der Waals surface area contributed by atoms with Crippen LogP contribution in [0.15, 0.2) is 29.3 Å². The Bertz CT molecular complexity index is 347. The van der Waals surface area contributed by atoms with Crippen molar-refractivity contribution in [1.82, 2.24) is 0 Å². The van der Waals surface area contributed by atoms with Gasteiger partial charge in [-0.25, -0.2) is 4.39 Å². The van der Waals surface area contributed by atoms with Crippen LogP contribution in [-0.4, -0.2) is 6.61 Å². The smallest absolute Gasteiger partial charge is 0.126 e. The number of aryl methyl sites for hydroxylation is 1. The van der Waals surface area contributed by atoms with Gasteiger partial charge in [-0.3, -0.25) is 0 Å². The van der Waals surface area contributed by atoms with Gasteiger partial charge in [-0.2, -0.15) is 0 Å². The molecule has 0 aliphatic heterocycles. The third-order valence-corrected chi connectivity index (χ3v) is 2.15. The van der Waals surface area contributed by atoms with Gasteiger partial charge in [0.25, 0.3) is 0 Å². The van der Waals surface area contributed by atoms with Gasteiger partial charge in [0.2, 0.25) is 0 Å². The van der Waals surface area contributed by atoms with E-state index in [0.29, 0.717) is 17.9 Å². The average Bonchev–Trinajstić information content (AvgIpc) is 2.19. The molecule has 14 heavy (non-hydrogen) atoms. The lowest BCUT2D eigenvalue weighted by molar-refractivity contribution is 0.351. The first-order valence-corrected chi connectivity index (χ1v) is 4.72. The van der Waals surface area contributed by atoms with E-state index in [9.17, 15) is 4.39 Å². The summed E-state index contributed by atoms with van der Waals surface area (Å²) in [6.07, 6.45) is 0. The summed E-state index contributed by atoms with van der Waals surface area (Å²) in [6.45, 7) is 3.99. The number of benzene rings is 1. The van der Waals surface area contributed by atoms with Crippen LogP contribution in [0.4, 0.5) is 4.39 Å². The van der Waals surface area contributed by atoms with Crippen molar-refractivity contribution in [1.29, 1.82) is 0 Å². The second kappa shape index (κ2) is 5.01. The summed E-state index contributed by atoms with van der Waals surface area (Å²) < 4.78 is 18.3. The molecule has 0 atom stereocenters. The second-order valence-corrected chi connectivity index (χ2v) is 3.37. The summed E-state index contributed by atoms with van der Waals surface area (Å²) in [5, 5.41) is 0. The summed E-state index contributed by atoms with van der Waals surface area (Å²) >= 11 is 5.47. The Kier molecular flexibility index (Phi) is 3.96. The fourth-order valence-corrected chi connectivity index (χ4v) is 0.999. The topological polar surface area (TPSA) is 9.23 Å². The van der Waals surface area contributed by atoms with Crippen LogP contribution in [0.3, 0.4) is 0 Å². The van der Waals surface area contributed by atoms with Crippen molar-refractivity contribution >= 4 is 11.6 Å².